The summed E-state index contributed by atoms with van der Waals surface area (Å²) in [6, 6.07) is 0. The van der Waals surface area contributed by atoms with Crippen molar-refractivity contribution in [1.82, 2.24) is 5.43 Å². The summed E-state index contributed by atoms with van der Waals surface area (Å²) in [5.74, 6) is 0.567. The van der Waals surface area contributed by atoms with Crippen LogP contribution >= 0.6 is 0 Å². The molecule has 0 aliphatic carbocycles. The summed E-state index contributed by atoms with van der Waals surface area (Å²) in [5, 5.41) is 4.13. The maximum absolute atomic E-state index is 11.7. The third kappa shape index (κ3) is 15.8. The van der Waals surface area contributed by atoms with E-state index in [0.717, 1.165) is 12.8 Å². The van der Waals surface area contributed by atoms with Crippen LogP contribution in [0.3, 0.4) is 0 Å². The van der Waals surface area contributed by atoms with E-state index in [0.29, 0.717) is 12.3 Å². The maximum atomic E-state index is 11.7. The highest BCUT2D eigenvalue weighted by atomic mass is 16.2. The fourth-order valence-corrected chi connectivity index (χ4v) is 2.72. The Labute approximate surface area is 144 Å². The van der Waals surface area contributed by atoms with Gasteiger partial charge < -0.3 is 0 Å². The number of carbonyl (C=O) groups excluding carboxylic acids is 1. The Morgan fingerprint density at radius 1 is 0.870 bits per heavy atom. The average molecular weight is 325 g/mol. The number of rotatable bonds is 16. The molecule has 1 N–H and O–H groups in total. The highest BCUT2D eigenvalue weighted by Gasteiger charge is 2.03. The predicted octanol–water partition coefficient (Wildman–Crippen LogP) is 6.23. The Kier molecular flexibility index (Phi) is 16.8. The standard InChI is InChI=1S/C20H40N2O/c1-4-7-9-10-11-12-13-14-15-17-20(23)22-21-18-19(6-3)16-8-5-2/h18-19H,4-17H2,1-3H3,(H,22,23)/b21-18+. The van der Waals surface area contributed by atoms with Gasteiger partial charge in [-0.3, -0.25) is 4.79 Å². The zero-order valence-electron chi connectivity index (χ0n) is 15.9. The summed E-state index contributed by atoms with van der Waals surface area (Å²) in [6.07, 6.45) is 18.8. The van der Waals surface area contributed by atoms with Crippen molar-refractivity contribution in [3.05, 3.63) is 0 Å². The fourth-order valence-electron chi connectivity index (χ4n) is 2.72. The molecule has 3 heteroatoms. The lowest BCUT2D eigenvalue weighted by Crippen LogP contribution is -2.18. The van der Waals surface area contributed by atoms with E-state index in [1.807, 2.05) is 6.21 Å². The molecule has 0 spiro atoms. The van der Waals surface area contributed by atoms with Crippen molar-refractivity contribution in [3.63, 3.8) is 0 Å². The number of hydrogen-bond acceptors (Lipinski definition) is 2. The van der Waals surface area contributed by atoms with Gasteiger partial charge in [0.15, 0.2) is 0 Å². The highest BCUT2D eigenvalue weighted by molar-refractivity contribution is 5.76. The second-order valence-electron chi connectivity index (χ2n) is 6.70. The SMILES string of the molecule is CCCCCCCCCCCC(=O)N/N=C/C(CC)CCCC. The molecule has 0 radical (unpaired) electrons. The highest BCUT2D eigenvalue weighted by Crippen LogP contribution is 2.11. The van der Waals surface area contributed by atoms with E-state index in [9.17, 15) is 4.79 Å². The van der Waals surface area contributed by atoms with E-state index in [-0.39, 0.29) is 5.91 Å². The van der Waals surface area contributed by atoms with Crippen molar-refractivity contribution in [2.45, 2.75) is 111 Å². The summed E-state index contributed by atoms with van der Waals surface area (Å²) in [5.41, 5.74) is 2.68. The molecule has 0 heterocycles. The largest absolute Gasteiger partial charge is 0.273 e. The first kappa shape index (κ1) is 22.1. The van der Waals surface area contributed by atoms with Crippen molar-refractivity contribution >= 4 is 12.1 Å². The molecule has 1 unspecified atom stereocenters. The number of nitrogens with zero attached hydrogens (tertiary/aromatic N) is 1. The molecule has 0 aliphatic heterocycles. The van der Waals surface area contributed by atoms with Crippen molar-refractivity contribution in [3.8, 4) is 0 Å². The molecule has 0 aliphatic rings. The van der Waals surface area contributed by atoms with Gasteiger partial charge in [-0.2, -0.15) is 5.10 Å². The van der Waals surface area contributed by atoms with Crippen LogP contribution in [0.5, 0.6) is 0 Å². The van der Waals surface area contributed by atoms with Crippen LogP contribution in [-0.2, 0) is 4.79 Å². The Hall–Kier alpha value is -0.860. The van der Waals surface area contributed by atoms with E-state index in [1.165, 1.54) is 70.6 Å². The van der Waals surface area contributed by atoms with Crippen LogP contribution in [-0.4, -0.2) is 12.1 Å². The third-order valence-corrected chi connectivity index (χ3v) is 4.43. The Balaban J connectivity index is 3.49. The van der Waals surface area contributed by atoms with Crippen LogP contribution in [0.4, 0.5) is 0 Å². The molecule has 0 aromatic rings. The normalized spacial score (nSPS) is 12.7. The molecule has 0 aromatic carbocycles. The van der Waals surface area contributed by atoms with Crippen LogP contribution in [0.15, 0.2) is 5.10 Å². The van der Waals surface area contributed by atoms with Crippen molar-refractivity contribution in [2.75, 3.05) is 0 Å². The summed E-state index contributed by atoms with van der Waals surface area (Å²) in [4.78, 5) is 11.7. The number of nitrogens with one attached hydrogen (secondary N) is 1. The zero-order valence-corrected chi connectivity index (χ0v) is 15.9. The molecule has 0 bridgehead atoms. The molecule has 0 rings (SSSR count). The third-order valence-electron chi connectivity index (χ3n) is 4.43. The minimum atomic E-state index is 0.0644. The molecular formula is C20H40N2O. The van der Waals surface area contributed by atoms with Gasteiger partial charge in [0.2, 0.25) is 5.91 Å². The molecule has 1 amide bonds. The van der Waals surface area contributed by atoms with E-state index in [4.69, 9.17) is 0 Å². The minimum Gasteiger partial charge on any atom is -0.273 e. The van der Waals surface area contributed by atoms with Crippen LogP contribution in [0.2, 0.25) is 0 Å². The molecule has 0 fully saturated rings. The van der Waals surface area contributed by atoms with E-state index in [1.54, 1.807) is 0 Å². The monoisotopic (exact) mass is 324 g/mol. The van der Waals surface area contributed by atoms with Crippen molar-refractivity contribution in [2.24, 2.45) is 11.0 Å². The zero-order chi connectivity index (χ0) is 17.2. The average Bonchev–Trinajstić information content (AvgIpc) is 2.56. The number of hydrogen-bond donors (Lipinski definition) is 1. The van der Waals surface area contributed by atoms with Gasteiger partial charge in [-0.15, -0.1) is 0 Å². The predicted molar refractivity (Wildman–Crippen MR) is 102 cm³/mol. The maximum Gasteiger partial charge on any atom is 0.240 e. The lowest BCUT2D eigenvalue weighted by atomic mass is 10.0. The van der Waals surface area contributed by atoms with Crippen LogP contribution < -0.4 is 5.43 Å². The Morgan fingerprint density at radius 2 is 1.43 bits per heavy atom. The van der Waals surface area contributed by atoms with Gasteiger partial charge >= 0.3 is 0 Å². The molecule has 23 heavy (non-hydrogen) atoms. The second-order valence-corrected chi connectivity index (χ2v) is 6.70. The quantitative estimate of drug-likeness (QED) is 0.204. The first-order valence-corrected chi connectivity index (χ1v) is 10.1. The molecular weight excluding hydrogens is 284 g/mol. The van der Waals surface area contributed by atoms with Gasteiger partial charge in [0.1, 0.15) is 0 Å². The molecule has 136 valence electrons. The summed E-state index contributed by atoms with van der Waals surface area (Å²) >= 11 is 0. The number of carbonyl (C=O) groups is 1. The van der Waals surface area contributed by atoms with Gasteiger partial charge in [0.25, 0.3) is 0 Å². The Morgan fingerprint density at radius 3 is 2.00 bits per heavy atom. The van der Waals surface area contributed by atoms with Crippen molar-refractivity contribution < 1.29 is 4.79 Å². The smallest absolute Gasteiger partial charge is 0.240 e. The van der Waals surface area contributed by atoms with Gasteiger partial charge in [0.05, 0.1) is 0 Å². The molecule has 3 nitrogen and oxygen atoms in total. The van der Waals surface area contributed by atoms with Crippen LogP contribution in [0.25, 0.3) is 0 Å². The van der Waals surface area contributed by atoms with E-state index in [2.05, 4.69) is 31.3 Å². The fraction of sp³-hybridized carbons (Fsp3) is 0.900. The Bertz CT molecular complexity index is 289. The first-order valence-electron chi connectivity index (χ1n) is 10.1. The van der Waals surface area contributed by atoms with Crippen LogP contribution in [0, 0.1) is 5.92 Å². The van der Waals surface area contributed by atoms with Gasteiger partial charge in [-0.05, 0) is 25.2 Å². The molecule has 0 saturated carbocycles. The van der Waals surface area contributed by atoms with Gasteiger partial charge in [0, 0.05) is 12.6 Å². The van der Waals surface area contributed by atoms with E-state index >= 15 is 0 Å². The molecule has 0 aromatic heterocycles. The molecule has 0 saturated heterocycles. The van der Waals surface area contributed by atoms with Gasteiger partial charge in [-0.25, -0.2) is 5.43 Å². The minimum absolute atomic E-state index is 0.0644. The summed E-state index contributed by atoms with van der Waals surface area (Å²) < 4.78 is 0. The molecule has 1 atom stereocenters. The van der Waals surface area contributed by atoms with Crippen molar-refractivity contribution in [1.29, 1.82) is 0 Å². The topological polar surface area (TPSA) is 41.5 Å². The lowest BCUT2D eigenvalue weighted by Gasteiger charge is -2.07. The lowest BCUT2D eigenvalue weighted by molar-refractivity contribution is -0.121. The number of hydrazone groups is 1. The van der Waals surface area contributed by atoms with E-state index < -0.39 is 0 Å². The number of amides is 1. The number of unbranched alkanes of at least 4 members (excludes halogenated alkanes) is 9. The first-order chi connectivity index (χ1) is 11.2. The second kappa shape index (κ2) is 17.5. The summed E-state index contributed by atoms with van der Waals surface area (Å²) in [6.45, 7) is 6.63. The van der Waals surface area contributed by atoms with Gasteiger partial charge in [-0.1, -0.05) is 85.0 Å². The summed E-state index contributed by atoms with van der Waals surface area (Å²) in [7, 11) is 0. The van der Waals surface area contributed by atoms with Crippen LogP contribution in [0.1, 0.15) is 111 Å².